The Morgan fingerprint density at radius 3 is 1.62 bits per heavy atom. The zero-order chi connectivity index (χ0) is 74.6. The highest BCUT2D eigenvalue weighted by molar-refractivity contribution is 6.76. The van der Waals surface area contributed by atoms with Crippen LogP contribution in [0.25, 0.3) is 22.3 Å². The third-order valence-electron chi connectivity index (χ3n) is 20.7. The first-order valence-electron chi connectivity index (χ1n) is 36.8. The second kappa shape index (κ2) is 32.1. The predicted molar refractivity (Wildman–Crippen MR) is 415 cm³/mol. The van der Waals surface area contributed by atoms with Crippen molar-refractivity contribution in [3.8, 4) is 28.4 Å². The summed E-state index contributed by atoms with van der Waals surface area (Å²) in [6.07, 6.45) is 3.67. The number of carbonyl (C=O) groups is 7. The van der Waals surface area contributed by atoms with Gasteiger partial charge in [0.2, 0.25) is 5.91 Å². The van der Waals surface area contributed by atoms with Crippen molar-refractivity contribution < 1.29 is 62.0 Å². The summed E-state index contributed by atoms with van der Waals surface area (Å²) in [5, 5.41) is 5.72. The second-order valence-electron chi connectivity index (χ2n) is 31.3. The number of Topliss-reactive ketones (excluding diaryl/α,β-unsaturated/α-hetero) is 1. The van der Waals surface area contributed by atoms with Gasteiger partial charge in [0.05, 0.1) is 48.9 Å². The van der Waals surface area contributed by atoms with Gasteiger partial charge in [0.15, 0.2) is 17.3 Å². The fourth-order valence-electron chi connectivity index (χ4n) is 14.4. The zero-order valence-corrected chi connectivity index (χ0v) is 64.7. The second-order valence-corrected chi connectivity index (χ2v) is 42.5. The van der Waals surface area contributed by atoms with Crippen LogP contribution in [0.2, 0.25) is 51.4 Å². The lowest BCUT2D eigenvalue weighted by Crippen LogP contribution is -2.45. The molecule has 554 valence electrons. The Labute approximate surface area is 618 Å². The number of anilines is 4. The van der Waals surface area contributed by atoms with Crippen molar-refractivity contribution in [2.75, 3.05) is 107 Å². The van der Waals surface area contributed by atoms with Crippen LogP contribution in [0.5, 0.6) is 17.2 Å². The van der Waals surface area contributed by atoms with Gasteiger partial charge in [-0.3, -0.25) is 38.6 Å². The van der Waals surface area contributed by atoms with Gasteiger partial charge in [-0.15, -0.1) is 0 Å². The quantitative estimate of drug-likeness (QED) is 0.0330. The first-order chi connectivity index (χ1) is 50.2. The van der Waals surface area contributed by atoms with Crippen LogP contribution in [-0.2, 0) is 33.4 Å². The molecule has 0 bridgehead atoms. The lowest BCUT2D eigenvalue weighted by Gasteiger charge is -2.34. The topological polar surface area (TPSA) is 218 Å². The zero-order valence-electron chi connectivity index (χ0n) is 62.7. The summed E-state index contributed by atoms with van der Waals surface area (Å²) in [6.45, 7) is 25.9. The van der Waals surface area contributed by atoms with Crippen molar-refractivity contribution in [2.45, 2.75) is 129 Å². The van der Waals surface area contributed by atoms with Gasteiger partial charge >= 0.3 is 6.09 Å². The molecule has 0 radical (unpaired) electrons. The lowest BCUT2D eigenvalue weighted by atomic mass is 9.93. The molecule has 6 aromatic carbocycles. The third kappa shape index (κ3) is 17.1. The molecular weight excluding hydrogens is 1360 g/mol. The molecule has 6 amide bonds. The maximum atomic E-state index is 15.0. The molecule has 5 aliphatic heterocycles. The summed E-state index contributed by atoms with van der Waals surface area (Å²) in [6, 6.07) is 37.7. The number of methoxy groups -OCH3 is 1. The maximum absolute atomic E-state index is 15.0. The van der Waals surface area contributed by atoms with Gasteiger partial charge in [-0.1, -0.05) is 133 Å². The smallest absolute Gasteiger partial charge is 0.407 e. The molecule has 12 rings (SSSR count). The molecule has 1 fully saturated rings. The Balaban J connectivity index is 0.687. The van der Waals surface area contributed by atoms with E-state index in [1.165, 1.54) is 12.0 Å². The summed E-state index contributed by atoms with van der Waals surface area (Å²) in [4.78, 5) is 111. The van der Waals surface area contributed by atoms with E-state index in [-0.39, 0.29) is 98.8 Å². The average molecular weight is 1460 g/mol. The van der Waals surface area contributed by atoms with E-state index in [2.05, 4.69) is 103 Å². The van der Waals surface area contributed by atoms with E-state index in [0.29, 0.717) is 71.5 Å². The minimum Gasteiger partial charge on any atom is -0.493 e. The van der Waals surface area contributed by atoms with Gasteiger partial charge in [0, 0.05) is 129 Å². The molecule has 6 aromatic rings. The molecule has 0 spiro atoms. The highest BCUT2D eigenvalue weighted by Gasteiger charge is 2.46. The van der Waals surface area contributed by atoms with Crippen molar-refractivity contribution >= 4 is 91.5 Å². The first-order valence-corrected chi connectivity index (χ1v) is 44.2. The molecule has 5 heterocycles. The van der Waals surface area contributed by atoms with Gasteiger partial charge in [-0.05, 0) is 118 Å². The SMILES string of the molecule is COc1cc2c(cc1OCCCOc1cc3c(cc1C)C(=O)N1C=C(c4ccc(NC(=O)[C@H](C)CC(=O)[C@@H](NC(=O)OCC5c6ccccc6-c6ccccc65)C(C)C)cc4)C[C@H]1C(=O)N3COCC[Si](C)(C)C)N(COCC[Si](C)(C)C)C(=O)[C@@H]1CC(c3ccc(N4CCN(C)CC4)cc3)=CN1C2=O. The van der Waals surface area contributed by atoms with Gasteiger partial charge in [0.25, 0.3) is 23.6 Å². The molecule has 105 heavy (non-hydrogen) atoms. The number of hydrogen-bond acceptors (Lipinski definition) is 15. The number of benzene rings is 6. The third-order valence-corrected chi connectivity index (χ3v) is 24.1. The van der Waals surface area contributed by atoms with Crippen LogP contribution in [0.1, 0.15) is 101 Å². The molecule has 0 saturated carbocycles. The molecule has 1 saturated heterocycles. The summed E-state index contributed by atoms with van der Waals surface area (Å²) in [5.41, 5.74) is 11.4. The molecule has 1 aliphatic carbocycles. The predicted octanol–water partition coefficient (Wildman–Crippen LogP) is 13.5. The van der Waals surface area contributed by atoms with Crippen LogP contribution in [0, 0.1) is 18.8 Å². The standard InChI is InChI=1S/C82H100N8O13Si2/c1-52(2)76(84-82(97)103-49-67-63-20-15-13-18-61(63)62-19-14-16-21-64(62)67)72(91)41-54(4)77(92)83-59-26-22-55(23-27-59)57-42-70-80(95)89(50-99-36-38-104(7,8)9)68-45-73(53(3)40-65(68)78(93)87(70)47-57)101-34-17-35-102-75-46-69-66(44-74(75)98-6)79(94)88-48-58(43-71(88)81(96)90(69)51-100-37-39-105(10,11)12)56-24-28-60(29-25-56)86-32-30-85(5)31-33-86/h13-16,18-29,40,44-48,52,54,67,70-71,76H,17,30-39,41-43,49-51H2,1-12H3,(H,83,92)(H,84,97)/t54-,70+,71+,76+/m1/s1. The van der Waals surface area contributed by atoms with E-state index in [0.717, 1.165) is 88.5 Å². The van der Waals surface area contributed by atoms with E-state index in [9.17, 15) is 28.8 Å². The Bertz CT molecular complexity index is 4280. The molecule has 2 N–H and O–H groups in total. The number of aryl methyl sites for hydroxylation is 1. The average Bonchev–Trinajstić information content (AvgIpc) is 1.63. The molecular formula is C82H100N8O13Si2. The number of likely N-dealkylation sites (N-methyl/N-ethyl adjacent to an activating group) is 1. The van der Waals surface area contributed by atoms with E-state index >= 15 is 4.79 Å². The Kier molecular flexibility index (Phi) is 23.0. The van der Waals surface area contributed by atoms with Crippen molar-refractivity contribution in [2.24, 2.45) is 11.8 Å². The minimum absolute atomic E-state index is 0.0532. The molecule has 6 aliphatic rings. The van der Waals surface area contributed by atoms with Crippen molar-refractivity contribution in [1.29, 1.82) is 0 Å². The van der Waals surface area contributed by atoms with Crippen LogP contribution < -0.4 is 39.5 Å². The largest absolute Gasteiger partial charge is 0.493 e. The van der Waals surface area contributed by atoms with E-state index in [4.69, 9.17) is 28.4 Å². The fourth-order valence-corrected chi connectivity index (χ4v) is 15.9. The lowest BCUT2D eigenvalue weighted by molar-refractivity contribution is -0.127. The number of carbonyl (C=O) groups excluding carboxylic acids is 7. The molecule has 0 aromatic heterocycles. The summed E-state index contributed by atoms with van der Waals surface area (Å²) in [7, 11) is 0.641. The van der Waals surface area contributed by atoms with E-state index in [1.807, 2.05) is 75.5 Å². The number of alkyl carbamates (subject to hydrolysis) is 1. The van der Waals surface area contributed by atoms with Gasteiger partial charge in [-0.25, -0.2) is 4.79 Å². The number of ketones is 1. The fraction of sp³-hybridized carbons (Fsp3) is 0.427. The highest BCUT2D eigenvalue weighted by Crippen LogP contribution is 2.46. The summed E-state index contributed by atoms with van der Waals surface area (Å²) < 4.78 is 37.1. The van der Waals surface area contributed by atoms with Crippen LogP contribution in [0.3, 0.4) is 0 Å². The number of piperazine rings is 1. The normalized spacial score (nSPS) is 17.9. The van der Waals surface area contributed by atoms with E-state index < -0.39 is 46.3 Å². The first kappa shape index (κ1) is 75.3. The van der Waals surface area contributed by atoms with Crippen LogP contribution in [0.4, 0.5) is 27.5 Å². The van der Waals surface area contributed by atoms with Gasteiger partial charge in [-0.2, -0.15) is 0 Å². The van der Waals surface area contributed by atoms with Crippen LogP contribution >= 0.6 is 0 Å². The van der Waals surface area contributed by atoms with E-state index in [1.54, 1.807) is 64.2 Å². The Hall–Kier alpha value is -9.40. The number of hydrogen-bond donors (Lipinski definition) is 2. The minimum atomic E-state index is -1.53. The maximum Gasteiger partial charge on any atom is 0.407 e. The Morgan fingerprint density at radius 2 is 1.10 bits per heavy atom. The van der Waals surface area contributed by atoms with Crippen molar-refractivity contribution in [1.82, 2.24) is 20.0 Å². The van der Waals surface area contributed by atoms with Crippen LogP contribution in [0.15, 0.2) is 134 Å². The molecule has 21 nitrogen and oxygen atoms in total. The van der Waals surface area contributed by atoms with Crippen molar-refractivity contribution in [3.05, 3.63) is 173 Å². The summed E-state index contributed by atoms with van der Waals surface area (Å²) >= 11 is 0. The molecule has 0 unspecified atom stereocenters. The monoisotopic (exact) mass is 1460 g/mol. The van der Waals surface area contributed by atoms with Gasteiger partial charge in [0.1, 0.15) is 37.9 Å². The van der Waals surface area contributed by atoms with Crippen LogP contribution in [-0.4, -0.2) is 177 Å². The number of nitrogens with one attached hydrogen (secondary N) is 2. The Morgan fingerprint density at radius 1 is 0.590 bits per heavy atom. The number of amides is 6. The molecule has 4 atom stereocenters. The van der Waals surface area contributed by atoms with Crippen molar-refractivity contribution in [3.63, 3.8) is 0 Å². The number of fused-ring (bicyclic) bond motifs is 7. The number of nitrogens with zero attached hydrogens (tertiary/aromatic N) is 6. The highest BCUT2D eigenvalue weighted by atomic mass is 28.3. The van der Waals surface area contributed by atoms with Gasteiger partial charge < -0.3 is 58.7 Å². The summed E-state index contributed by atoms with van der Waals surface area (Å²) in [5.74, 6) is -1.95. The molecule has 23 heteroatoms. The number of rotatable bonds is 29. The number of ether oxygens (including phenoxy) is 6.